The molecule has 0 amide bonds. The van der Waals surface area contributed by atoms with E-state index in [-0.39, 0.29) is 0 Å². The minimum Gasteiger partial charge on any atom is -0.370 e. The number of aromatic nitrogens is 1. The Bertz CT molecular complexity index is 590. The van der Waals surface area contributed by atoms with E-state index in [0.717, 1.165) is 18.1 Å². The second-order valence-electron chi connectivity index (χ2n) is 5.63. The van der Waals surface area contributed by atoms with Crippen molar-refractivity contribution in [2.75, 3.05) is 18.0 Å². The molecule has 1 aliphatic rings. The van der Waals surface area contributed by atoms with Crippen LogP contribution in [0.3, 0.4) is 0 Å². The SMILES string of the molecule is Cc1ccc(C)n1-c1cc(Cl)ccc1N1CCCCC1. The first-order valence-electron chi connectivity index (χ1n) is 7.36. The Hall–Kier alpha value is -1.41. The summed E-state index contributed by atoms with van der Waals surface area (Å²) < 4.78 is 2.30. The van der Waals surface area contributed by atoms with Crippen LogP contribution in [-0.2, 0) is 0 Å². The standard InChI is InChI=1S/C17H21ClN2/c1-13-6-7-14(2)20(13)17-12-15(18)8-9-16(17)19-10-4-3-5-11-19/h6-9,12H,3-5,10-11H2,1-2H3. The van der Waals surface area contributed by atoms with E-state index in [9.17, 15) is 0 Å². The van der Waals surface area contributed by atoms with Crippen LogP contribution < -0.4 is 4.90 Å². The molecule has 0 unspecified atom stereocenters. The molecule has 2 heterocycles. The molecule has 0 atom stereocenters. The number of nitrogens with zero attached hydrogens (tertiary/aromatic N) is 2. The third kappa shape index (κ3) is 2.45. The van der Waals surface area contributed by atoms with E-state index in [2.05, 4.69) is 47.6 Å². The number of rotatable bonds is 2. The highest BCUT2D eigenvalue weighted by atomic mass is 35.5. The van der Waals surface area contributed by atoms with Crippen molar-refractivity contribution in [2.24, 2.45) is 0 Å². The van der Waals surface area contributed by atoms with E-state index < -0.39 is 0 Å². The predicted octanol–water partition coefficient (Wildman–Crippen LogP) is 4.74. The molecule has 0 saturated carbocycles. The van der Waals surface area contributed by atoms with Gasteiger partial charge >= 0.3 is 0 Å². The molecule has 3 rings (SSSR count). The van der Waals surface area contributed by atoms with Crippen LogP contribution in [0, 0.1) is 13.8 Å². The van der Waals surface area contributed by atoms with Crippen LogP contribution in [0.2, 0.25) is 5.02 Å². The summed E-state index contributed by atoms with van der Waals surface area (Å²) in [6.07, 6.45) is 3.92. The first-order valence-corrected chi connectivity index (χ1v) is 7.74. The number of hydrogen-bond acceptors (Lipinski definition) is 1. The number of hydrogen-bond donors (Lipinski definition) is 0. The third-order valence-corrected chi connectivity index (χ3v) is 4.38. The fourth-order valence-corrected chi connectivity index (χ4v) is 3.29. The van der Waals surface area contributed by atoms with Crippen molar-refractivity contribution in [1.82, 2.24) is 4.57 Å². The van der Waals surface area contributed by atoms with Crippen molar-refractivity contribution in [3.05, 3.63) is 46.7 Å². The zero-order valence-corrected chi connectivity index (χ0v) is 13.0. The molecule has 0 bridgehead atoms. The summed E-state index contributed by atoms with van der Waals surface area (Å²) in [5.41, 5.74) is 5.02. The van der Waals surface area contributed by atoms with E-state index >= 15 is 0 Å². The fraction of sp³-hybridized carbons (Fsp3) is 0.412. The smallest absolute Gasteiger partial charge is 0.0704 e. The van der Waals surface area contributed by atoms with Gasteiger partial charge in [0.2, 0.25) is 0 Å². The molecule has 1 aromatic heterocycles. The van der Waals surface area contributed by atoms with Crippen LogP contribution >= 0.6 is 11.6 Å². The van der Waals surface area contributed by atoms with Gasteiger partial charge in [-0.1, -0.05) is 11.6 Å². The van der Waals surface area contributed by atoms with E-state index in [4.69, 9.17) is 11.6 Å². The van der Waals surface area contributed by atoms with Crippen LogP contribution in [0.5, 0.6) is 0 Å². The van der Waals surface area contributed by atoms with Crippen molar-refractivity contribution < 1.29 is 0 Å². The third-order valence-electron chi connectivity index (χ3n) is 4.15. The maximum Gasteiger partial charge on any atom is 0.0704 e. The fourth-order valence-electron chi connectivity index (χ4n) is 3.13. The molecule has 0 N–H and O–H groups in total. The molecule has 1 aromatic carbocycles. The molecule has 106 valence electrons. The Kier molecular flexibility index (Phi) is 3.75. The molecule has 1 aliphatic heterocycles. The van der Waals surface area contributed by atoms with E-state index in [1.54, 1.807) is 0 Å². The summed E-state index contributed by atoms with van der Waals surface area (Å²) in [7, 11) is 0. The summed E-state index contributed by atoms with van der Waals surface area (Å²) in [5, 5.41) is 0.799. The highest BCUT2D eigenvalue weighted by Crippen LogP contribution is 2.31. The minimum absolute atomic E-state index is 0.799. The van der Waals surface area contributed by atoms with Crippen LogP contribution in [0.4, 0.5) is 5.69 Å². The zero-order valence-electron chi connectivity index (χ0n) is 12.2. The molecule has 20 heavy (non-hydrogen) atoms. The van der Waals surface area contributed by atoms with Crippen LogP contribution in [0.15, 0.2) is 30.3 Å². The first-order chi connectivity index (χ1) is 9.66. The highest BCUT2D eigenvalue weighted by Gasteiger charge is 2.17. The molecule has 3 heteroatoms. The average molecular weight is 289 g/mol. The molecule has 1 fully saturated rings. The number of benzene rings is 1. The van der Waals surface area contributed by atoms with Gasteiger partial charge in [-0.2, -0.15) is 0 Å². The van der Waals surface area contributed by atoms with Crippen molar-refractivity contribution >= 4 is 17.3 Å². The average Bonchev–Trinajstić information content (AvgIpc) is 2.79. The summed E-state index contributed by atoms with van der Waals surface area (Å²) in [4.78, 5) is 2.49. The molecule has 0 aliphatic carbocycles. The maximum atomic E-state index is 6.25. The van der Waals surface area contributed by atoms with Gasteiger partial charge in [-0.3, -0.25) is 0 Å². The lowest BCUT2D eigenvalue weighted by atomic mass is 10.1. The number of halogens is 1. The summed E-state index contributed by atoms with van der Waals surface area (Å²) in [5.74, 6) is 0. The molecule has 2 nitrogen and oxygen atoms in total. The van der Waals surface area contributed by atoms with Crippen LogP contribution in [-0.4, -0.2) is 17.7 Å². The topological polar surface area (TPSA) is 8.17 Å². The Morgan fingerprint density at radius 1 is 0.850 bits per heavy atom. The lowest BCUT2D eigenvalue weighted by Gasteiger charge is -2.31. The minimum atomic E-state index is 0.799. The molecular weight excluding hydrogens is 268 g/mol. The summed E-state index contributed by atoms with van der Waals surface area (Å²) in [6.45, 7) is 6.59. The second-order valence-corrected chi connectivity index (χ2v) is 6.07. The lowest BCUT2D eigenvalue weighted by molar-refractivity contribution is 0.577. The highest BCUT2D eigenvalue weighted by molar-refractivity contribution is 6.30. The van der Waals surface area contributed by atoms with Crippen molar-refractivity contribution in [3.8, 4) is 5.69 Å². The summed E-state index contributed by atoms with van der Waals surface area (Å²) >= 11 is 6.25. The van der Waals surface area contributed by atoms with E-state index in [0.29, 0.717) is 0 Å². The van der Waals surface area contributed by atoms with Crippen molar-refractivity contribution in [2.45, 2.75) is 33.1 Å². The van der Waals surface area contributed by atoms with Gasteiger partial charge in [0.05, 0.1) is 11.4 Å². The number of piperidine rings is 1. The molecule has 0 spiro atoms. The Morgan fingerprint density at radius 3 is 2.15 bits per heavy atom. The molecule has 2 aromatic rings. The van der Waals surface area contributed by atoms with E-state index in [1.807, 2.05) is 6.07 Å². The van der Waals surface area contributed by atoms with Gasteiger partial charge in [0.1, 0.15) is 0 Å². The predicted molar refractivity (Wildman–Crippen MR) is 86.3 cm³/mol. The molecule has 1 saturated heterocycles. The van der Waals surface area contributed by atoms with Gasteiger partial charge in [0.25, 0.3) is 0 Å². The van der Waals surface area contributed by atoms with Gasteiger partial charge < -0.3 is 9.47 Å². The van der Waals surface area contributed by atoms with Crippen molar-refractivity contribution in [3.63, 3.8) is 0 Å². The monoisotopic (exact) mass is 288 g/mol. The number of aryl methyl sites for hydroxylation is 2. The first kappa shape index (κ1) is 13.6. The van der Waals surface area contributed by atoms with Crippen LogP contribution in [0.25, 0.3) is 5.69 Å². The summed E-state index contributed by atoms with van der Waals surface area (Å²) in [6, 6.07) is 10.6. The maximum absolute atomic E-state index is 6.25. The van der Waals surface area contributed by atoms with Crippen molar-refractivity contribution in [1.29, 1.82) is 0 Å². The van der Waals surface area contributed by atoms with E-state index in [1.165, 1.54) is 42.0 Å². The lowest BCUT2D eigenvalue weighted by Crippen LogP contribution is -2.30. The second kappa shape index (κ2) is 5.53. The van der Waals surface area contributed by atoms with Gasteiger partial charge in [0.15, 0.2) is 0 Å². The zero-order chi connectivity index (χ0) is 14.1. The Balaban J connectivity index is 2.11. The van der Waals surface area contributed by atoms with Gasteiger partial charge in [-0.15, -0.1) is 0 Å². The van der Waals surface area contributed by atoms with Gasteiger partial charge in [-0.05, 0) is 63.4 Å². The molecular formula is C17H21ClN2. The largest absolute Gasteiger partial charge is 0.370 e. The van der Waals surface area contributed by atoms with Gasteiger partial charge in [0, 0.05) is 29.5 Å². The molecule has 0 radical (unpaired) electrons. The Labute approximate surface area is 126 Å². The van der Waals surface area contributed by atoms with Crippen LogP contribution in [0.1, 0.15) is 30.7 Å². The Morgan fingerprint density at radius 2 is 1.50 bits per heavy atom. The number of anilines is 1. The quantitative estimate of drug-likeness (QED) is 0.775. The normalized spacial score (nSPS) is 15.7. The van der Waals surface area contributed by atoms with Gasteiger partial charge in [-0.25, -0.2) is 0 Å².